The van der Waals surface area contributed by atoms with Crippen LogP contribution in [0.2, 0.25) is 0 Å². The maximum Gasteiger partial charge on any atom is 0.0456 e. The Morgan fingerprint density at radius 3 is 2.27 bits per heavy atom. The SMILES string of the molecule is Cc1ccc(C23C[C@H]4C[C@H](C2)CC(c2cc5ccccc5[nH]2)(C4)C3)cc1. The summed E-state index contributed by atoms with van der Waals surface area (Å²) < 4.78 is 0. The lowest BCUT2D eigenvalue weighted by Crippen LogP contribution is -2.56. The number of aryl methyl sites for hydroxylation is 1. The Balaban J connectivity index is 1.48. The quantitative estimate of drug-likeness (QED) is 0.566. The van der Waals surface area contributed by atoms with E-state index in [1.165, 1.54) is 60.7 Å². The Labute approximate surface area is 155 Å². The van der Waals surface area contributed by atoms with E-state index in [0.717, 1.165) is 11.8 Å². The number of para-hydroxylation sites is 1. The first-order valence-corrected chi connectivity index (χ1v) is 10.3. The molecule has 0 radical (unpaired) electrons. The highest BCUT2D eigenvalue weighted by molar-refractivity contribution is 5.80. The Morgan fingerprint density at radius 2 is 1.54 bits per heavy atom. The minimum Gasteiger partial charge on any atom is -0.358 e. The zero-order chi connectivity index (χ0) is 17.4. The van der Waals surface area contributed by atoms with E-state index in [9.17, 15) is 0 Å². The molecule has 0 aliphatic heterocycles. The smallest absolute Gasteiger partial charge is 0.0456 e. The van der Waals surface area contributed by atoms with Gasteiger partial charge in [-0.15, -0.1) is 0 Å². The molecule has 3 aromatic rings. The van der Waals surface area contributed by atoms with Gasteiger partial charge in [0, 0.05) is 16.6 Å². The second-order valence-corrected chi connectivity index (χ2v) is 9.66. The van der Waals surface area contributed by atoms with Crippen molar-refractivity contribution in [3.05, 3.63) is 71.4 Å². The molecule has 4 fully saturated rings. The maximum absolute atomic E-state index is 3.83. The fraction of sp³-hybridized carbons (Fsp3) is 0.440. The van der Waals surface area contributed by atoms with Crippen LogP contribution in [-0.4, -0.2) is 4.98 Å². The average molecular weight is 341 g/mol. The van der Waals surface area contributed by atoms with Crippen LogP contribution in [0, 0.1) is 18.8 Å². The molecule has 0 saturated heterocycles. The largest absolute Gasteiger partial charge is 0.358 e. The van der Waals surface area contributed by atoms with E-state index in [-0.39, 0.29) is 0 Å². The van der Waals surface area contributed by atoms with Crippen LogP contribution in [0.4, 0.5) is 0 Å². The van der Waals surface area contributed by atoms with Crippen molar-refractivity contribution in [2.75, 3.05) is 0 Å². The average Bonchev–Trinajstić information content (AvgIpc) is 3.06. The number of hydrogen-bond donors (Lipinski definition) is 1. The fourth-order valence-corrected chi connectivity index (χ4v) is 7.18. The summed E-state index contributed by atoms with van der Waals surface area (Å²) in [6, 6.07) is 20.8. The van der Waals surface area contributed by atoms with Gasteiger partial charge in [-0.3, -0.25) is 0 Å². The number of aromatic amines is 1. The summed E-state index contributed by atoms with van der Waals surface area (Å²) >= 11 is 0. The summed E-state index contributed by atoms with van der Waals surface area (Å²) in [5, 5.41) is 1.38. The van der Waals surface area contributed by atoms with Gasteiger partial charge in [-0.25, -0.2) is 0 Å². The molecule has 0 spiro atoms. The predicted molar refractivity (Wildman–Crippen MR) is 108 cm³/mol. The number of H-pyrrole nitrogens is 1. The molecule has 1 N–H and O–H groups in total. The van der Waals surface area contributed by atoms with Crippen LogP contribution >= 0.6 is 0 Å². The molecule has 132 valence electrons. The highest BCUT2D eigenvalue weighted by Gasteiger charge is 2.59. The Bertz CT molecular complexity index is 930. The molecule has 4 aliphatic rings. The van der Waals surface area contributed by atoms with Gasteiger partial charge in [0.15, 0.2) is 0 Å². The molecule has 2 aromatic carbocycles. The maximum atomic E-state index is 3.83. The third kappa shape index (κ3) is 2.03. The van der Waals surface area contributed by atoms with Crippen molar-refractivity contribution < 1.29 is 0 Å². The van der Waals surface area contributed by atoms with Gasteiger partial charge in [-0.2, -0.15) is 0 Å². The van der Waals surface area contributed by atoms with E-state index in [0.29, 0.717) is 10.8 Å². The number of rotatable bonds is 2. The van der Waals surface area contributed by atoms with Crippen molar-refractivity contribution in [1.29, 1.82) is 0 Å². The fourth-order valence-electron chi connectivity index (χ4n) is 7.18. The summed E-state index contributed by atoms with van der Waals surface area (Å²) in [5.41, 5.74) is 6.59. The van der Waals surface area contributed by atoms with Crippen molar-refractivity contribution in [3.8, 4) is 0 Å². The minimum atomic E-state index is 0.369. The van der Waals surface area contributed by atoms with Gasteiger partial charge in [0.25, 0.3) is 0 Å². The molecule has 26 heavy (non-hydrogen) atoms. The van der Waals surface area contributed by atoms with E-state index < -0.39 is 0 Å². The molecule has 4 bridgehead atoms. The van der Waals surface area contributed by atoms with Gasteiger partial charge in [0.05, 0.1) is 0 Å². The molecule has 1 nitrogen and oxygen atoms in total. The molecule has 2 atom stereocenters. The molecule has 1 heteroatoms. The zero-order valence-electron chi connectivity index (χ0n) is 15.6. The molecule has 7 rings (SSSR count). The van der Waals surface area contributed by atoms with Crippen LogP contribution in [-0.2, 0) is 10.8 Å². The van der Waals surface area contributed by atoms with Crippen molar-refractivity contribution in [3.63, 3.8) is 0 Å². The molecule has 1 aromatic heterocycles. The molecule has 0 amide bonds. The zero-order valence-corrected chi connectivity index (χ0v) is 15.6. The Morgan fingerprint density at radius 1 is 0.846 bits per heavy atom. The van der Waals surface area contributed by atoms with E-state index in [1.807, 2.05) is 0 Å². The number of nitrogens with one attached hydrogen (secondary N) is 1. The lowest BCUT2D eigenvalue weighted by atomic mass is 9.42. The number of fused-ring (bicyclic) bond motifs is 1. The summed E-state index contributed by atoms with van der Waals surface area (Å²) in [7, 11) is 0. The van der Waals surface area contributed by atoms with Crippen LogP contribution in [0.25, 0.3) is 10.9 Å². The summed E-state index contributed by atoms with van der Waals surface area (Å²) in [6.07, 6.45) is 8.41. The molecular weight excluding hydrogens is 314 g/mol. The van der Waals surface area contributed by atoms with E-state index in [1.54, 1.807) is 5.56 Å². The van der Waals surface area contributed by atoms with Crippen molar-refractivity contribution in [2.24, 2.45) is 11.8 Å². The van der Waals surface area contributed by atoms with Crippen molar-refractivity contribution >= 4 is 10.9 Å². The van der Waals surface area contributed by atoms with E-state index >= 15 is 0 Å². The summed E-state index contributed by atoms with van der Waals surface area (Å²) in [5.74, 6) is 1.81. The third-order valence-corrected chi connectivity index (χ3v) is 7.83. The second kappa shape index (κ2) is 5.03. The number of benzene rings is 2. The van der Waals surface area contributed by atoms with Crippen LogP contribution in [0.15, 0.2) is 54.6 Å². The predicted octanol–water partition coefficient (Wildman–Crippen LogP) is 6.27. The summed E-state index contributed by atoms with van der Waals surface area (Å²) in [4.78, 5) is 3.83. The highest BCUT2D eigenvalue weighted by atomic mass is 14.8. The van der Waals surface area contributed by atoms with Crippen molar-refractivity contribution in [1.82, 2.24) is 4.98 Å². The first kappa shape index (κ1) is 15.1. The van der Waals surface area contributed by atoms with Gasteiger partial charge in [-0.1, -0.05) is 48.0 Å². The van der Waals surface area contributed by atoms with Gasteiger partial charge in [0.2, 0.25) is 0 Å². The molecular formula is C25H27N. The monoisotopic (exact) mass is 341 g/mol. The lowest BCUT2D eigenvalue weighted by Gasteiger charge is -2.62. The van der Waals surface area contributed by atoms with Crippen LogP contribution in [0.1, 0.15) is 55.3 Å². The van der Waals surface area contributed by atoms with E-state index in [4.69, 9.17) is 0 Å². The van der Waals surface area contributed by atoms with Gasteiger partial charge in [0.1, 0.15) is 0 Å². The van der Waals surface area contributed by atoms with E-state index in [2.05, 4.69) is 66.5 Å². The van der Waals surface area contributed by atoms with Crippen LogP contribution in [0.3, 0.4) is 0 Å². The molecule has 4 saturated carbocycles. The topological polar surface area (TPSA) is 15.8 Å². The molecule has 0 unspecified atom stereocenters. The lowest BCUT2D eigenvalue weighted by molar-refractivity contribution is -0.0296. The Kier molecular flexibility index (Phi) is 2.92. The van der Waals surface area contributed by atoms with Crippen LogP contribution < -0.4 is 0 Å². The first-order chi connectivity index (χ1) is 12.6. The third-order valence-electron chi connectivity index (χ3n) is 7.83. The number of aromatic nitrogens is 1. The van der Waals surface area contributed by atoms with Crippen molar-refractivity contribution in [2.45, 2.75) is 56.3 Å². The Hall–Kier alpha value is -2.02. The molecule has 4 aliphatic carbocycles. The first-order valence-electron chi connectivity index (χ1n) is 10.3. The summed E-state index contributed by atoms with van der Waals surface area (Å²) in [6.45, 7) is 2.20. The van der Waals surface area contributed by atoms with Gasteiger partial charge in [-0.05, 0) is 85.8 Å². The highest BCUT2D eigenvalue weighted by Crippen LogP contribution is 2.66. The van der Waals surface area contributed by atoms with Crippen LogP contribution in [0.5, 0.6) is 0 Å². The minimum absolute atomic E-state index is 0.369. The van der Waals surface area contributed by atoms with Gasteiger partial charge < -0.3 is 4.98 Å². The standard InChI is InChI=1S/C25H27N/c1-17-6-8-21(9-7-17)24-12-18-10-19(13-24)15-25(14-18,16-24)23-11-20-4-2-3-5-22(20)26-23/h2-9,11,18-19,26H,10,12-16H2,1H3/t18-,19-,24?,25?/m1/s1. The van der Waals surface area contributed by atoms with Gasteiger partial charge >= 0.3 is 0 Å². The normalized spacial score (nSPS) is 35.3. The molecule has 1 heterocycles. The second-order valence-electron chi connectivity index (χ2n) is 9.66. The number of hydrogen-bond acceptors (Lipinski definition) is 0.